The maximum absolute atomic E-state index is 12.7. The SMILES string of the molecule is COc1cc(C(=O)Nc2ccc(N3CCN(C)CC3)cc2)ccc1OCCC(C)C. The van der Waals surface area contributed by atoms with E-state index in [-0.39, 0.29) is 5.91 Å². The quantitative estimate of drug-likeness (QED) is 0.708. The second kappa shape index (κ2) is 10.3. The number of anilines is 2. The molecule has 30 heavy (non-hydrogen) atoms. The van der Waals surface area contributed by atoms with E-state index < -0.39 is 0 Å². The van der Waals surface area contributed by atoms with E-state index in [0.29, 0.717) is 29.6 Å². The predicted octanol–water partition coefficient (Wildman–Crippen LogP) is 4.12. The summed E-state index contributed by atoms with van der Waals surface area (Å²) in [4.78, 5) is 17.4. The van der Waals surface area contributed by atoms with Crippen LogP contribution >= 0.6 is 0 Å². The topological polar surface area (TPSA) is 54.0 Å². The number of amides is 1. The van der Waals surface area contributed by atoms with Crippen molar-refractivity contribution in [2.45, 2.75) is 20.3 Å². The molecule has 0 radical (unpaired) electrons. The van der Waals surface area contributed by atoms with Crippen LogP contribution in [0.3, 0.4) is 0 Å². The Morgan fingerprint density at radius 3 is 2.37 bits per heavy atom. The van der Waals surface area contributed by atoms with Crippen LogP contribution in [0.25, 0.3) is 0 Å². The highest BCUT2D eigenvalue weighted by Crippen LogP contribution is 2.29. The molecule has 0 bridgehead atoms. The lowest BCUT2D eigenvalue weighted by atomic mass is 10.1. The number of ether oxygens (including phenoxy) is 2. The normalized spacial score (nSPS) is 14.6. The Morgan fingerprint density at radius 2 is 1.73 bits per heavy atom. The number of carbonyl (C=O) groups is 1. The number of hydrogen-bond acceptors (Lipinski definition) is 5. The summed E-state index contributed by atoms with van der Waals surface area (Å²) in [6.45, 7) is 9.12. The van der Waals surface area contributed by atoms with Crippen molar-refractivity contribution in [1.82, 2.24) is 4.90 Å². The van der Waals surface area contributed by atoms with Crippen molar-refractivity contribution >= 4 is 17.3 Å². The monoisotopic (exact) mass is 411 g/mol. The molecule has 162 valence electrons. The van der Waals surface area contributed by atoms with E-state index in [1.165, 1.54) is 5.69 Å². The smallest absolute Gasteiger partial charge is 0.255 e. The zero-order valence-corrected chi connectivity index (χ0v) is 18.5. The van der Waals surface area contributed by atoms with Crippen molar-refractivity contribution in [3.05, 3.63) is 48.0 Å². The molecule has 0 atom stereocenters. The first-order valence-corrected chi connectivity index (χ1v) is 10.6. The fourth-order valence-corrected chi connectivity index (χ4v) is 3.36. The number of carbonyl (C=O) groups excluding carboxylic acids is 1. The van der Waals surface area contributed by atoms with Gasteiger partial charge in [0.25, 0.3) is 5.91 Å². The standard InChI is InChI=1S/C24H33N3O3/c1-18(2)11-16-30-22-10-5-19(17-23(22)29-4)24(28)25-20-6-8-21(9-7-20)27-14-12-26(3)13-15-27/h5-10,17-18H,11-16H2,1-4H3,(H,25,28). The summed E-state index contributed by atoms with van der Waals surface area (Å²) < 4.78 is 11.2. The van der Waals surface area contributed by atoms with Crippen molar-refractivity contribution in [3.8, 4) is 11.5 Å². The van der Waals surface area contributed by atoms with Crippen molar-refractivity contribution in [3.63, 3.8) is 0 Å². The van der Waals surface area contributed by atoms with Crippen LogP contribution in [-0.4, -0.2) is 57.8 Å². The molecule has 1 saturated heterocycles. The van der Waals surface area contributed by atoms with Gasteiger partial charge in [-0.05, 0) is 61.9 Å². The van der Waals surface area contributed by atoms with Gasteiger partial charge in [0.1, 0.15) is 0 Å². The summed E-state index contributed by atoms with van der Waals surface area (Å²) in [5.74, 6) is 1.63. The summed E-state index contributed by atoms with van der Waals surface area (Å²) in [6, 6.07) is 13.3. The third-order valence-electron chi connectivity index (χ3n) is 5.37. The third-order valence-corrected chi connectivity index (χ3v) is 5.37. The average molecular weight is 412 g/mol. The molecule has 2 aromatic rings. The van der Waals surface area contributed by atoms with Crippen LogP contribution in [0.2, 0.25) is 0 Å². The minimum atomic E-state index is -0.172. The van der Waals surface area contributed by atoms with Crippen LogP contribution in [0.15, 0.2) is 42.5 Å². The van der Waals surface area contributed by atoms with Crippen molar-refractivity contribution < 1.29 is 14.3 Å². The molecule has 1 N–H and O–H groups in total. The van der Waals surface area contributed by atoms with Crippen LogP contribution in [-0.2, 0) is 0 Å². The lowest BCUT2D eigenvalue weighted by Crippen LogP contribution is -2.44. The Bertz CT molecular complexity index is 828. The molecule has 6 nitrogen and oxygen atoms in total. The van der Waals surface area contributed by atoms with Gasteiger partial charge < -0.3 is 24.6 Å². The number of nitrogens with zero attached hydrogens (tertiary/aromatic N) is 2. The molecule has 1 heterocycles. The number of nitrogens with one attached hydrogen (secondary N) is 1. The molecular weight excluding hydrogens is 378 g/mol. The first-order chi connectivity index (χ1) is 14.5. The molecule has 1 fully saturated rings. The fourth-order valence-electron chi connectivity index (χ4n) is 3.36. The Kier molecular flexibility index (Phi) is 7.57. The first kappa shape index (κ1) is 22.0. The van der Waals surface area contributed by atoms with E-state index in [1.807, 2.05) is 12.1 Å². The largest absolute Gasteiger partial charge is 0.493 e. The number of benzene rings is 2. The summed E-state index contributed by atoms with van der Waals surface area (Å²) in [5, 5.41) is 2.96. The lowest BCUT2D eigenvalue weighted by molar-refractivity contribution is 0.102. The van der Waals surface area contributed by atoms with E-state index in [1.54, 1.807) is 25.3 Å². The van der Waals surface area contributed by atoms with Gasteiger partial charge in [-0.2, -0.15) is 0 Å². The van der Waals surface area contributed by atoms with E-state index in [2.05, 4.69) is 48.1 Å². The zero-order valence-electron chi connectivity index (χ0n) is 18.5. The predicted molar refractivity (Wildman–Crippen MR) is 122 cm³/mol. The highest BCUT2D eigenvalue weighted by molar-refractivity contribution is 6.04. The van der Waals surface area contributed by atoms with E-state index in [4.69, 9.17) is 9.47 Å². The second-order valence-electron chi connectivity index (χ2n) is 8.19. The third kappa shape index (κ3) is 5.89. The molecule has 0 aliphatic carbocycles. The van der Waals surface area contributed by atoms with E-state index in [9.17, 15) is 4.79 Å². The molecule has 6 heteroatoms. The Hall–Kier alpha value is -2.73. The summed E-state index contributed by atoms with van der Waals surface area (Å²) >= 11 is 0. The van der Waals surface area contributed by atoms with Gasteiger partial charge in [-0.15, -0.1) is 0 Å². The first-order valence-electron chi connectivity index (χ1n) is 10.6. The summed E-state index contributed by atoms with van der Waals surface area (Å²) in [5.41, 5.74) is 2.49. The number of piperazine rings is 1. The van der Waals surface area contributed by atoms with E-state index >= 15 is 0 Å². The molecule has 0 aromatic heterocycles. The molecular formula is C24H33N3O3. The minimum absolute atomic E-state index is 0.172. The van der Waals surface area contributed by atoms with Gasteiger partial charge >= 0.3 is 0 Å². The molecule has 3 rings (SSSR count). The maximum atomic E-state index is 12.7. The van der Waals surface area contributed by atoms with Crippen LogP contribution in [0.1, 0.15) is 30.6 Å². The number of hydrogen-bond donors (Lipinski definition) is 1. The van der Waals surface area contributed by atoms with Gasteiger partial charge in [0, 0.05) is 43.1 Å². The zero-order chi connectivity index (χ0) is 21.5. The van der Waals surface area contributed by atoms with Crippen LogP contribution in [0.5, 0.6) is 11.5 Å². The van der Waals surface area contributed by atoms with Gasteiger partial charge in [0.2, 0.25) is 0 Å². The number of methoxy groups -OCH3 is 1. The molecule has 2 aromatic carbocycles. The van der Waals surface area contributed by atoms with Crippen molar-refractivity contribution in [2.24, 2.45) is 5.92 Å². The highest BCUT2D eigenvalue weighted by atomic mass is 16.5. The van der Waals surface area contributed by atoms with Gasteiger partial charge in [-0.25, -0.2) is 0 Å². The Balaban J connectivity index is 1.61. The fraction of sp³-hybridized carbons (Fsp3) is 0.458. The molecule has 1 amide bonds. The second-order valence-corrected chi connectivity index (χ2v) is 8.19. The Morgan fingerprint density at radius 1 is 1.03 bits per heavy atom. The van der Waals surface area contributed by atoms with Crippen LogP contribution in [0.4, 0.5) is 11.4 Å². The molecule has 1 aliphatic rings. The van der Waals surface area contributed by atoms with E-state index in [0.717, 1.165) is 38.3 Å². The summed E-state index contributed by atoms with van der Waals surface area (Å²) in [7, 11) is 3.73. The molecule has 0 spiro atoms. The van der Waals surface area contributed by atoms with Crippen LogP contribution in [0, 0.1) is 5.92 Å². The molecule has 1 aliphatic heterocycles. The van der Waals surface area contributed by atoms with Crippen LogP contribution < -0.4 is 19.7 Å². The van der Waals surface area contributed by atoms with Gasteiger partial charge in [0.05, 0.1) is 13.7 Å². The average Bonchev–Trinajstić information content (AvgIpc) is 2.75. The Labute approximate surface area is 179 Å². The molecule has 0 saturated carbocycles. The van der Waals surface area contributed by atoms with Crippen molar-refractivity contribution in [2.75, 3.05) is 57.2 Å². The lowest BCUT2D eigenvalue weighted by Gasteiger charge is -2.34. The summed E-state index contributed by atoms with van der Waals surface area (Å²) in [6.07, 6.45) is 0.968. The number of rotatable bonds is 8. The van der Waals surface area contributed by atoms with Gasteiger partial charge in [-0.3, -0.25) is 4.79 Å². The van der Waals surface area contributed by atoms with Crippen molar-refractivity contribution in [1.29, 1.82) is 0 Å². The maximum Gasteiger partial charge on any atom is 0.255 e. The van der Waals surface area contributed by atoms with Gasteiger partial charge in [0.15, 0.2) is 11.5 Å². The molecule has 0 unspecified atom stereocenters. The minimum Gasteiger partial charge on any atom is -0.493 e. The van der Waals surface area contributed by atoms with Gasteiger partial charge in [-0.1, -0.05) is 13.8 Å². The number of likely N-dealkylation sites (N-methyl/N-ethyl adjacent to an activating group) is 1. The highest BCUT2D eigenvalue weighted by Gasteiger charge is 2.15.